The summed E-state index contributed by atoms with van der Waals surface area (Å²) in [7, 11) is 1.61. The van der Waals surface area contributed by atoms with Crippen molar-refractivity contribution in [1.82, 2.24) is 19.5 Å². The van der Waals surface area contributed by atoms with Crippen LogP contribution in [0.5, 0.6) is 11.8 Å². The van der Waals surface area contributed by atoms with Gasteiger partial charge in [-0.3, -0.25) is 0 Å². The second kappa shape index (κ2) is 8.01. The van der Waals surface area contributed by atoms with E-state index in [2.05, 4.69) is 21.9 Å². The zero-order valence-corrected chi connectivity index (χ0v) is 15.0. The molecule has 3 rings (SSSR count). The minimum atomic E-state index is -0.0355. The van der Waals surface area contributed by atoms with Gasteiger partial charge in [0, 0.05) is 5.56 Å². The molecule has 138 valence electrons. The van der Waals surface area contributed by atoms with E-state index in [1.807, 2.05) is 22.8 Å². The Morgan fingerprint density at radius 1 is 1.27 bits per heavy atom. The lowest BCUT2D eigenvalue weighted by molar-refractivity contribution is 0.281. The molecule has 3 N–H and O–H groups in total. The average molecular weight is 357 g/mol. The highest BCUT2D eigenvalue weighted by atomic mass is 16.5. The number of nitrogens with zero attached hydrogens (tertiary/aromatic N) is 4. The largest absolute Gasteiger partial charge is 0.496 e. The molecule has 26 heavy (non-hydrogen) atoms. The highest BCUT2D eigenvalue weighted by Crippen LogP contribution is 2.24. The molecule has 0 saturated carbocycles. The molecule has 8 heteroatoms. The van der Waals surface area contributed by atoms with E-state index in [1.54, 1.807) is 13.4 Å². The molecule has 0 fully saturated rings. The molecule has 0 aliphatic rings. The summed E-state index contributed by atoms with van der Waals surface area (Å²) in [5, 5.41) is 9.39. The maximum atomic E-state index is 9.39. The zero-order chi connectivity index (χ0) is 18.5. The van der Waals surface area contributed by atoms with E-state index in [4.69, 9.17) is 15.2 Å². The number of hydrogen-bond donors (Lipinski definition) is 2. The van der Waals surface area contributed by atoms with Crippen molar-refractivity contribution in [3.8, 4) is 11.8 Å². The van der Waals surface area contributed by atoms with Gasteiger partial charge in [0.05, 0.1) is 33.2 Å². The van der Waals surface area contributed by atoms with E-state index in [0.29, 0.717) is 24.3 Å². The summed E-state index contributed by atoms with van der Waals surface area (Å²) in [5.74, 6) is 1.02. The van der Waals surface area contributed by atoms with Crippen LogP contribution >= 0.6 is 0 Å². The highest BCUT2D eigenvalue weighted by Gasteiger charge is 2.14. The lowest BCUT2D eigenvalue weighted by Crippen LogP contribution is -2.06. The summed E-state index contributed by atoms with van der Waals surface area (Å²) >= 11 is 0. The van der Waals surface area contributed by atoms with Crippen LogP contribution in [0, 0.1) is 0 Å². The number of anilines is 1. The number of nitrogen functional groups attached to an aromatic ring is 1. The van der Waals surface area contributed by atoms with Gasteiger partial charge in [0.1, 0.15) is 5.75 Å². The number of hydrogen-bond acceptors (Lipinski definition) is 7. The fraction of sp³-hybridized carbons (Fsp3) is 0.389. The monoisotopic (exact) mass is 357 g/mol. The number of fused-ring (bicyclic) bond motifs is 1. The molecule has 0 unspecified atom stereocenters. The van der Waals surface area contributed by atoms with Gasteiger partial charge in [-0.15, -0.1) is 0 Å². The second-order valence-corrected chi connectivity index (χ2v) is 5.94. The van der Waals surface area contributed by atoms with Crippen LogP contribution in [-0.4, -0.2) is 38.3 Å². The van der Waals surface area contributed by atoms with Crippen molar-refractivity contribution in [3.05, 3.63) is 35.7 Å². The molecule has 1 aromatic carbocycles. The fourth-order valence-corrected chi connectivity index (χ4v) is 2.67. The van der Waals surface area contributed by atoms with Crippen molar-refractivity contribution < 1.29 is 14.6 Å². The number of rotatable bonds is 8. The Balaban J connectivity index is 1.95. The molecule has 2 aromatic heterocycles. The van der Waals surface area contributed by atoms with Crippen molar-refractivity contribution in [2.24, 2.45) is 0 Å². The summed E-state index contributed by atoms with van der Waals surface area (Å²) in [6.45, 7) is 3.07. The minimum Gasteiger partial charge on any atom is -0.496 e. The fourth-order valence-electron chi connectivity index (χ4n) is 2.67. The molecule has 0 saturated heterocycles. The number of imidazole rings is 1. The number of unbranched alkanes of at least 4 members (excludes halogenated alkanes) is 1. The molecule has 0 amide bonds. The standard InChI is InChI=1S/C18H23N5O3/c1-3-4-7-26-18-21-16(19)15-17(22-18)23(11-20-15)9-13-8-12(10-24)5-6-14(13)25-2/h5-6,8,11,24H,3-4,7,9-10H2,1-2H3,(H2,19,21,22). The van der Waals surface area contributed by atoms with Gasteiger partial charge in [-0.1, -0.05) is 19.4 Å². The Kier molecular flexibility index (Phi) is 5.52. The van der Waals surface area contributed by atoms with Crippen molar-refractivity contribution in [3.63, 3.8) is 0 Å². The van der Waals surface area contributed by atoms with Crippen LogP contribution in [0.25, 0.3) is 11.2 Å². The molecule has 0 aliphatic carbocycles. The van der Waals surface area contributed by atoms with Crippen LogP contribution in [0.4, 0.5) is 5.82 Å². The third-order valence-electron chi connectivity index (χ3n) is 4.07. The summed E-state index contributed by atoms with van der Waals surface area (Å²) in [6, 6.07) is 5.81. The first-order valence-corrected chi connectivity index (χ1v) is 8.54. The average Bonchev–Trinajstić information content (AvgIpc) is 3.05. The number of aliphatic hydroxyl groups is 1. The Labute approximate surface area is 151 Å². The number of methoxy groups -OCH3 is 1. The van der Waals surface area contributed by atoms with Gasteiger partial charge in [-0.25, -0.2) is 4.98 Å². The van der Waals surface area contributed by atoms with Crippen molar-refractivity contribution in [2.45, 2.75) is 32.9 Å². The van der Waals surface area contributed by atoms with E-state index in [1.165, 1.54) is 0 Å². The molecule has 3 aromatic rings. The minimum absolute atomic E-state index is 0.0355. The Morgan fingerprint density at radius 2 is 2.12 bits per heavy atom. The van der Waals surface area contributed by atoms with Crippen LogP contribution in [0.3, 0.4) is 0 Å². The van der Waals surface area contributed by atoms with Gasteiger partial charge in [0.2, 0.25) is 0 Å². The predicted molar refractivity (Wildman–Crippen MR) is 98.2 cm³/mol. The number of ether oxygens (including phenoxy) is 2. The van der Waals surface area contributed by atoms with Crippen LogP contribution in [0.2, 0.25) is 0 Å². The quantitative estimate of drug-likeness (QED) is 0.595. The number of benzene rings is 1. The van der Waals surface area contributed by atoms with Gasteiger partial charge in [0.15, 0.2) is 17.0 Å². The van der Waals surface area contributed by atoms with Gasteiger partial charge >= 0.3 is 6.01 Å². The van der Waals surface area contributed by atoms with Crippen LogP contribution < -0.4 is 15.2 Å². The van der Waals surface area contributed by atoms with Gasteiger partial charge in [0.25, 0.3) is 0 Å². The van der Waals surface area contributed by atoms with E-state index < -0.39 is 0 Å². The van der Waals surface area contributed by atoms with Crippen molar-refractivity contribution in [1.29, 1.82) is 0 Å². The normalized spacial score (nSPS) is 11.0. The highest BCUT2D eigenvalue weighted by molar-refractivity contribution is 5.82. The van der Waals surface area contributed by atoms with E-state index >= 15 is 0 Å². The van der Waals surface area contributed by atoms with Crippen LogP contribution in [0.15, 0.2) is 24.5 Å². The second-order valence-electron chi connectivity index (χ2n) is 5.94. The molecule has 0 atom stereocenters. The summed E-state index contributed by atoms with van der Waals surface area (Å²) < 4.78 is 12.9. The Morgan fingerprint density at radius 3 is 2.85 bits per heavy atom. The zero-order valence-electron chi connectivity index (χ0n) is 15.0. The maximum Gasteiger partial charge on any atom is 0.320 e. The van der Waals surface area contributed by atoms with Crippen LogP contribution in [-0.2, 0) is 13.2 Å². The summed E-state index contributed by atoms with van der Waals surface area (Å²) in [5.41, 5.74) is 8.85. The maximum absolute atomic E-state index is 9.39. The van der Waals surface area contributed by atoms with Gasteiger partial charge in [-0.2, -0.15) is 9.97 Å². The number of nitrogens with two attached hydrogens (primary N) is 1. The van der Waals surface area contributed by atoms with Gasteiger partial charge in [-0.05, 0) is 24.1 Å². The van der Waals surface area contributed by atoms with Crippen molar-refractivity contribution >= 4 is 17.0 Å². The molecular weight excluding hydrogens is 334 g/mol. The third-order valence-corrected chi connectivity index (χ3v) is 4.07. The lowest BCUT2D eigenvalue weighted by Gasteiger charge is -2.11. The smallest absolute Gasteiger partial charge is 0.320 e. The Bertz CT molecular complexity index is 894. The Hall–Kier alpha value is -2.87. The SMILES string of the molecule is CCCCOc1nc(N)c2ncn(Cc3cc(CO)ccc3OC)c2n1. The molecule has 8 nitrogen and oxygen atoms in total. The van der Waals surface area contributed by atoms with Crippen molar-refractivity contribution in [2.75, 3.05) is 19.5 Å². The predicted octanol–water partition coefficient (Wildman–Crippen LogP) is 2.14. The molecule has 0 spiro atoms. The molecule has 0 aliphatic heterocycles. The molecule has 0 bridgehead atoms. The lowest BCUT2D eigenvalue weighted by atomic mass is 10.1. The summed E-state index contributed by atoms with van der Waals surface area (Å²) in [4.78, 5) is 12.9. The first-order chi connectivity index (χ1) is 12.7. The first kappa shape index (κ1) is 17.9. The van der Waals surface area contributed by atoms with E-state index in [9.17, 15) is 5.11 Å². The molecule has 2 heterocycles. The topological polar surface area (TPSA) is 108 Å². The van der Waals surface area contributed by atoms with Crippen LogP contribution in [0.1, 0.15) is 30.9 Å². The third kappa shape index (κ3) is 3.70. The molecule has 0 radical (unpaired) electrons. The van der Waals surface area contributed by atoms with E-state index in [-0.39, 0.29) is 18.4 Å². The van der Waals surface area contributed by atoms with Gasteiger partial charge < -0.3 is 24.9 Å². The molecular formula is C18H23N5O3. The number of aromatic nitrogens is 4. The van der Waals surface area contributed by atoms with E-state index in [0.717, 1.165) is 29.7 Å². The first-order valence-electron chi connectivity index (χ1n) is 8.54. The summed E-state index contributed by atoms with van der Waals surface area (Å²) in [6.07, 6.45) is 3.61. The number of aliphatic hydroxyl groups excluding tert-OH is 1.